The summed E-state index contributed by atoms with van der Waals surface area (Å²) in [6.07, 6.45) is 0.998. The van der Waals surface area contributed by atoms with Crippen LogP contribution in [-0.4, -0.2) is 29.0 Å². The van der Waals surface area contributed by atoms with E-state index >= 15 is 0 Å². The number of aryl methyl sites for hydroxylation is 1. The number of nitrogens with zero attached hydrogens (tertiary/aromatic N) is 2. The second-order valence-electron chi connectivity index (χ2n) is 5.03. The SMILES string of the molecule is CC.Cn1cc2c(nc1=O)Nc1c(OCCNC(N)N)cccc1O2. The Morgan fingerprint density at radius 2 is 2.12 bits per heavy atom. The van der Waals surface area contributed by atoms with E-state index in [0.29, 0.717) is 41.9 Å². The van der Waals surface area contributed by atoms with Crippen LogP contribution in [0, 0.1) is 0 Å². The van der Waals surface area contributed by atoms with Gasteiger partial charge in [0.25, 0.3) is 0 Å². The first-order chi connectivity index (χ1) is 12.0. The number of rotatable bonds is 5. The van der Waals surface area contributed by atoms with Crippen molar-refractivity contribution in [2.75, 3.05) is 18.5 Å². The number of aromatic nitrogens is 2. The standard InChI is InChI=1S/C14H18N6O3.C2H6/c1-20-7-10-12(19-14(20)21)18-11-8(3-2-4-9(11)23-10)22-6-5-17-13(15)16;1-2/h2-4,7,13,17H,5-6,15-16H2,1H3,(H,18,19,21);1-2H3. The number of para-hydroxylation sites is 1. The average Bonchev–Trinajstić information content (AvgIpc) is 2.60. The quantitative estimate of drug-likeness (QED) is 0.394. The van der Waals surface area contributed by atoms with Crippen molar-refractivity contribution in [1.82, 2.24) is 14.9 Å². The predicted octanol–water partition coefficient (Wildman–Crippen LogP) is 0.825. The summed E-state index contributed by atoms with van der Waals surface area (Å²) in [5.41, 5.74) is 11.1. The van der Waals surface area contributed by atoms with E-state index in [1.165, 1.54) is 4.57 Å². The second-order valence-corrected chi connectivity index (χ2v) is 5.03. The minimum Gasteiger partial charge on any atom is -0.490 e. The zero-order valence-electron chi connectivity index (χ0n) is 14.6. The van der Waals surface area contributed by atoms with Crippen molar-refractivity contribution in [3.8, 4) is 17.2 Å². The molecule has 0 unspecified atom stereocenters. The van der Waals surface area contributed by atoms with Crippen molar-refractivity contribution in [2.24, 2.45) is 18.5 Å². The first-order valence-electron chi connectivity index (χ1n) is 8.07. The van der Waals surface area contributed by atoms with Gasteiger partial charge in [-0.2, -0.15) is 4.98 Å². The summed E-state index contributed by atoms with van der Waals surface area (Å²) >= 11 is 0. The van der Waals surface area contributed by atoms with Crippen LogP contribution >= 0.6 is 0 Å². The van der Waals surface area contributed by atoms with E-state index < -0.39 is 6.29 Å². The summed E-state index contributed by atoms with van der Waals surface area (Å²) in [6.45, 7) is 4.87. The number of anilines is 2. The minimum absolute atomic E-state index is 0.360. The Hall–Kier alpha value is -2.62. The Balaban J connectivity index is 0.00000109. The zero-order chi connectivity index (χ0) is 18.4. The van der Waals surface area contributed by atoms with E-state index in [0.717, 1.165) is 0 Å². The van der Waals surface area contributed by atoms with E-state index in [9.17, 15) is 4.79 Å². The molecule has 0 bridgehead atoms. The van der Waals surface area contributed by atoms with Crippen molar-refractivity contribution in [1.29, 1.82) is 0 Å². The molecule has 2 heterocycles. The number of ether oxygens (including phenoxy) is 2. The Kier molecular flexibility index (Phi) is 6.34. The lowest BCUT2D eigenvalue weighted by Crippen LogP contribution is -2.46. The molecule has 9 nitrogen and oxygen atoms in total. The van der Waals surface area contributed by atoms with Gasteiger partial charge in [-0.1, -0.05) is 19.9 Å². The third-order valence-corrected chi connectivity index (χ3v) is 3.24. The molecule has 0 saturated heterocycles. The summed E-state index contributed by atoms with van der Waals surface area (Å²) in [7, 11) is 1.61. The number of benzene rings is 1. The third kappa shape index (κ3) is 4.47. The van der Waals surface area contributed by atoms with Crippen LogP contribution in [-0.2, 0) is 7.05 Å². The predicted molar refractivity (Wildman–Crippen MR) is 96.3 cm³/mol. The van der Waals surface area contributed by atoms with Crippen LogP contribution in [0.1, 0.15) is 13.8 Å². The van der Waals surface area contributed by atoms with Crippen LogP contribution in [0.2, 0.25) is 0 Å². The maximum absolute atomic E-state index is 11.7. The molecular weight excluding hydrogens is 324 g/mol. The van der Waals surface area contributed by atoms with Crippen molar-refractivity contribution in [3.05, 3.63) is 34.9 Å². The molecule has 1 aromatic carbocycles. The Bertz CT molecular complexity index is 775. The number of nitrogens with one attached hydrogen (secondary N) is 2. The highest BCUT2D eigenvalue weighted by Gasteiger charge is 2.22. The molecule has 0 atom stereocenters. The Labute approximate surface area is 145 Å². The summed E-state index contributed by atoms with van der Waals surface area (Å²) in [6, 6.07) is 5.42. The maximum Gasteiger partial charge on any atom is 0.349 e. The van der Waals surface area contributed by atoms with E-state index in [1.807, 2.05) is 19.9 Å². The first-order valence-corrected chi connectivity index (χ1v) is 8.07. The molecule has 136 valence electrons. The molecule has 0 radical (unpaired) electrons. The van der Waals surface area contributed by atoms with E-state index in [2.05, 4.69) is 15.6 Å². The molecular formula is C16H24N6O3. The van der Waals surface area contributed by atoms with Crippen molar-refractivity contribution < 1.29 is 9.47 Å². The molecule has 3 rings (SSSR count). The molecule has 6 N–H and O–H groups in total. The van der Waals surface area contributed by atoms with Gasteiger partial charge in [-0.25, -0.2) is 4.79 Å². The van der Waals surface area contributed by atoms with Gasteiger partial charge in [0, 0.05) is 13.6 Å². The van der Waals surface area contributed by atoms with E-state index in [-0.39, 0.29) is 5.69 Å². The third-order valence-electron chi connectivity index (χ3n) is 3.24. The van der Waals surface area contributed by atoms with Gasteiger partial charge in [0.1, 0.15) is 24.3 Å². The van der Waals surface area contributed by atoms with Crippen LogP contribution in [0.3, 0.4) is 0 Å². The fraction of sp³-hybridized carbons (Fsp3) is 0.375. The van der Waals surface area contributed by atoms with Gasteiger partial charge in [0.05, 0.1) is 6.20 Å². The largest absolute Gasteiger partial charge is 0.490 e. The summed E-state index contributed by atoms with van der Waals surface area (Å²) in [4.78, 5) is 15.6. The Morgan fingerprint density at radius 3 is 2.84 bits per heavy atom. The van der Waals surface area contributed by atoms with Crippen LogP contribution in [0.15, 0.2) is 29.2 Å². The zero-order valence-corrected chi connectivity index (χ0v) is 14.6. The van der Waals surface area contributed by atoms with Crippen LogP contribution < -0.4 is 37.3 Å². The first kappa shape index (κ1) is 18.7. The molecule has 0 spiro atoms. The molecule has 1 aromatic heterocycles. The van der Waals surface area contributed by atoms with Gasteiger partial charge in [0.15, 0.2) is 17.3 Å². The van der Waals surface area contributed by atoms with Crippen LogP contribution in [0.5, 0.6) is 17.2 Å². The lowest BCUT2D eigenvalue weighted by molar-refractivity contribution is 0.306. The van der Waals surface area contributed by atoms with Gasteiger partial charge >= 0.3 is 5.69 Å². The highest BCUT2D eigenvalue weighted by atomic mass is 16.5. The average molecular weight is 348 g/mol. The fourth-order valence-electron chi connectivity index (χ4n) is 2.15. The number of hydrogen-bond donors (Lipinski definition) is 4. The molecule has 1 aliphatic heterocycles. The molecule has 0 saturated carbocycles. The highest BCUT2D eigenvalue weighted by Crippen LogP contribution is 2.44. The number of nitrogens with two attached hydrogens (primary N) is 2. The topological polar surface area (TPSA) is 129 Å². The summed E-state index contributed by atoms with van der Waals surface area (Å²) < 4.78 is 12.8. The van der Waals surface area contributed by atoms with Gasteiger partial charge in [0.2, 0.25) is 0 Å². The molecule has 0 aliphatic carbocycles. The number of fused-ring (bicyclic) bond motifs is 2. The van der Waals surface area contributed by atoms with Gasteiger partial charge in [-0.15, -0.1) is 0 Å². The van der Waals surface area contributed by atoms with Crippen molar-refractivity contribution in [2.45, 2.75) is 20.1 Å². The summed E-state index contributed by atoms with van der Waals surface area (Å²) in [5.74, 6) is 2.02. The maximum atomic E-state index is 11.7. The minimum atomic E-state index is -0.586. The van der Waals surface area contributed by atoms with E-state index in [4.69, 9.17) is 20.9 Å². The molecule has 0 fully saturated rings. The lowest BCUT2D eigenvalue weighted by Gasteiger charge is -2.23. The highest BCUT2D eigenvalue weighted by molar-refractivity contribution is 5.77. The van der Waals surface area contributed by atoms with Crippen LogP contribution in [0.25, 0.3) is 0 Å². The lowest BCUT2D eigenvalue weighted by atomic mass is 10.2. The van der Waals surface area contributed by atoms with Crippen molar-refractivity contribution in [3.63, 3.8) is 0 Å². The molecule has 9 heteroatoms. The smallest absolute Gasteiger partial charge is 0.349 e. The normalized spacial score (nSPS) is 11.4. The second kappa shape index (κ2) is 8.47. The Morgan fingerprint density at radius 1 is 1.36 bits per heavy atom. The molecule has 2 aromatic rings. The summed E-state index contributed by atoms with van der Waals surface area (Å²) in [5, 5.41) is 5.93. The van der Waals surface area contributed by atoms with Gasteiger partial charge in [-0.3, -0.25) is 9.88 Å². The monoisotopic (exact) mass is 348 g/mol. The number of hydrogen-bond acceptors (Lipinski definition) is 8. The van der Waals surface area contributed by atoms with Crippen LogP contribution in [0.4, 0.5) is 11.5 Å². The fourth-order valence-corrected chi connectivity index (χ4v) is 2.15. The van der Waals surface area contributed by atoms with Crippen molar-refractivity contribution >= 4 is 11.5 Å². The van der Waals surface area contributed by atoms with Gasteiger partial charge < -0.3 is 26.3 Å². The van der Waals surface area contributed by atoms with Gasteiger partial charge in [-0.05, 0) is 12.1 Å². The molecule has 0 amide bonds. The van der Waals surface area contributed by atoms with E-state index in [1.54, 1.807) is 25.4 Å². The molecule has 1 aliphatic rings. The molecule has 25 heavy (non-hydrogen) atoms.